The molecule has 30 heavy (non-hydrogen) atoms. The van der Waals surface area contributed by atoms with E-state index in [4.69, 9.17) is 4.74 Å². The van der Waals surface area contributed by atoms with Crippen molar-refractivity contribution in [3.05, 3.63) is 71.3 Å². The van der Waals surface area contributed by atoms with E-state index < -0.39 is 0 Å². The Morgan fingerprint density at radius 1 is 1.00 bits per heavy atom. The Bertz CT molecular complexity index is 916. The number of carbonyl (C=O) groups excluding carboxylic acids is 1. The molecule has 2 aromatic carbocycles. The number of nitrogens with zero attached hydrogens (tertiary/aromatic N) is 3. The van der Waals surface area contributed by atoms with E-state index in [1.54, 1.807) is 7.11 Å². The Balaban J connectivity index is 1.29. The fraction of sp³-hybridized carbons (Fsp3) is 0.400. The van der Waals surface area contributed by atoms with Crippen molar-refractivity contribution in [3.63, 3.8) is 0 Å². The zero-order valence-electron chi connectivity index (χ0n) is 18.0. The molecule has 4 rings (SSSR count). The predicted octanol–water partition coefficient (Wildman–Crippen LogP) is 3.48. The maximum atomic E-state index is 13.0. The molecule has 0 unspecified atom stereocenters. The van der Waals surface area contributed by atoms with Gasteiger partial charge in [-0.1, -0.05) is 30.3 Å². The highest BCUT2D eigenvalue weighted by molar-refractivity contribution is 5.93. The average Bonchev–Trinajstić information content (AvgIpc) is 2.79. The maximum absolute atomic E-state index is 13.0. The van der Waals surface area contributed by atoms with Crippen LogP contribution in [0.4, 0.5) is 5.69 Å². The summed E-state index contributed by atoms with van der Waals surface area (Å²) in [5.74, 6) is 1.11. The highest BCUT2D eigenvalue weighted by atomic mass is 16.5. The lowest BCUT2D eigenvalue weighted by molar-refractivity contribution is -0.127. The molecule has 2 heterocycles. The van der Waals surface area contributed by atoms with E-state index in [2.05, 4.69) is 59.2 Å². The summed E-state index contributed by atoms with van der Waals surface area (Å²) in [7, 11) is 1.70. The molecule has 2 aliphatic rings. The van der Waals surface area contributed by atoms with Crippen molar-refractivity contribution in [1.29, 1.82) is 0 Å². The molecule has 2 aromatic rings. The van der Waals surface area contributed by atoms with E-state index in [1.165, 1.54) is 16.8 Å². The van der Waals surface area contributed by atoms with Gasteiger partial charge in [-0.25, -0.2) is 0 Å². The Kier molecular flexibility index (Phi) is 6.38. The van der Waals surface area contributed by atoms with Gasteiger partial charge in [0.1, 0.15) is 5.75 Å². The molecular weight excluding hydrogens is 374 g/mol. The van der Waals surface area contributed by atoms with Gasteiger partial charge >= 0.3 is 0 Å². The van der Waals surface area contributed by atoms with Gasteiger partial charge in [0.2, 0.25) is 5.91 Å². The Morgan fingerprint density at radius 3 is 2.50 bits per heavy atom. The average molecular weight is 406 g/mol. The van der Waals surface area contributed by atoms with Crippen molar-refractivity contribution in [2.75, 3.05) is 51.3 Å². The minimum absolute atomic E-state index is 0.222. The topological polar surface area (TPSA) is 36.0 Å². The first kappa shape index (κ1) is 20.5. The van der Waals surface area contributed by atoms with Crippen molar-refractivity contribution in [2.24, 2.45) is 0 Å². The van der Waals surface area contributed by atoms with Crippen LogP contribution in [-0.2, 0) is 11.3 Å². The van der Waals surface area contributed by atoms with Crippen molar-refractivity contribution in [1.82, 2.24) is 9.80 Å². The van der Waals surface area contributed by atoms with Gasteiger partial charge < -0.3 is 14.5 Å². The molecule has 0 radical (unpaired) electrons. The number of methoxy groups -OCH3 is 1. The van der Waals surface area contributed by atoms with Gasteiger partial charge in [-0.2, -0.15) is 0 Å². The lowest BCUT2D eigenvalue weighted by Crippen LogP contribution is -2.49. The van der Waals surface area contributed by atoms with Crippen LogP contribution in [0.2, 0.25) is 0 Å². The smallest absolute Gasteiger partial charge is 0.249 e. The fourth-order valence-corrected chi connectivity index (χ4v) is 4.27. The summed E-state index contributed by atoms with van der Waals surface area (Å²) in [6.45, 7) is 8.10. The van der Waals surface area contributed by atoms with Crippen LogP contribution in [-0.4, -0.2) is 62.1 Å². The predicted molar refractivity (Wildman–Crippen MR) is 121 cm³/mol. The second kappa shape index (κ2) is 9.35. The molecule has 0 atom stereocenters. The van der Waals surface area contributed by atoms with Gasteiger partial charge in [0.05, 0.1) is 7.11 Å². The zero-order chi connectivity index (χ0) is 20.9. The highest BCUT2D eigenvalue weighted by Crippen LogP contribution is 2.21. The standard InChI is InChI=1S/C25H31N3O2/c1-20-5-3-7-23(17-20)27-13-15-28(16-14-27)25(29)22-9-11-26(12-10-22)19-21-6-4-8-24(18-21)30-2/h3-9,17-18H,10-16,19H2,1-2H3. The number of aryl methyl sites for hydroxylation is 1. The molecule has 0 aliphatic carbocycles. The zero-order valence-corrected chi connectivity index (χ0v) is 18.0. The maximum Gasteiger partial charge on any atom is 0.249 e. The third-order valence-corrected chi connectivity index (χ3v) is 6.04. The third kappa shape index (κ3) is 4.85. The van der Waals surface area contributed by atoms with Crippen LogP contribution >= 0.6 is 0 Å². The quantitative estimate of drug-likeness (QED) is 0.763. The van der Waals surface area contributed by atoms with E-state index in [0.717, 1.165) is 63.6 Å². The number of hydrogen-bond acceptors (Lipinski definition) is 4. The molecule has 0 bridgehead atoms. The number of amides is 1. The van der Waals surface area contributed by atoms with Crippen molar-refractivity contribution in [2.45, 2.75) is 19.9 Å². The third-order valence-electron chi connectivity index (χ3n) is 6.04. The Hall–Kier alpha value is -2.79. The lowest BCUT2D eigenvalue weighted by atomic mass is 10.1. The van der Waals surface area contributed by atoms with Gasteiger partial charge in [-0.05, 0) is 48.7 Å². The second-order valence-corrected chi connectivity index (χ2v) is 8.18. The summed E-state index contributed by atoms with van der Waals surface area (Å²) in [6.07, 6.45) is 2.94. The number of benzene rings is 2. The summed E-state index contributed by atoms with van der Waals surface area (Å²) >= 11 is 0. The van der Waals surface area contributed by atoms with E-state index >= 15 is 0 Å². The molecule has 158 valence electrons. The van der Waals surface area contributed by atoms with Crippen LogP contribution in [0, 0.1) is 6.92 Å². The molecule has 1 fully saturated rings. The lowest BCUT2D eigenvalue weighted by Gasteiger charge is -2.37. The van der Waals surface area contributed by atoms with Crippen LogP contribution in [0.1, 0.15) is 17.5 Å². The van der Waals surface area contributed by atoms with Gasteiger partial charge in [0.25, 0.3) is 0 Å². The molecule has 0 saturated carbocycles. The number of ether oxygens (including phenoxy) is 1. The normalized spacial score (nSPS) is 17.6. The van der Waals surface area contributed by atoms with E-state index in [9.17, 15) is 4.79 Å². The Labute approximate surface area is 179 Å². The molecule has 1 saturated heterocycles. The SMILES string of the molecule is COc1cccc(CN2CC=C(C(=O)N3CCN(c4cccc(C)c4)CC3)CC2)c1. The van der Waals surface area contributed by atoms with E-state index in [1.807, 2.05) is 17.0 Å². The van der Waals surface area contributed by atoms with Crippen LogP contribution in [0.5, 0.6) is 5.75 Å². The van der Waals surface area contributed by atoms with Crippen LogP contribution < -0.4 is 9.64 Å². The number of carbonyl (C=O) groups is 1. The molecule has 5 nitrogen and oxygen atoms in total. The summed E-state index contributed by atoms with van der Waals surface area (Å²) < 4.78 is 5.32. The van der Waals surface area contributed by atoms with Gasteiger partial charge in [-0.3, -0.25) is 9.69 Å². The second-order valence-electron chi connectivity index (χ2n) is 8.18. The molecule has 0 N–H and O–H groups in total. The molecule has 5 heteroatoms. The van der Waals surface area contributed by atoms with Gasteiger partial charge in [-0.15, -0.1) is 0 Å². The number of piperazine rings is 1. The largest absolute Gasteiger partial charge is 0.497 e. The molecule has 2 aliphatic heterocycles. The van der Waals surface area contributed by atoms with Gasteiger partial charge in [0.15, 0.2) is 0 Å². The minimum atomic E-state index is 0.222. The summed E-state index contributed by atoms with van der Waals surface area (Å²) in [6, 6.07) is 16.8. The minimum Gasteiger partial charge on any atom is -0.497 e. The van der Waals surface area contributed by atoms with Crippen molar-refractivity contribution in [3.8, 4) is 5.75 Å². The Morgan fingerprint density at radius 2 is 1.80 bits per heavy atom. The first-order valence-electron chi connectivity index (χ1n) is 10.8. The van der Waals surface area contributed by atoms with E-state index in [-0.39, 0.29) is 5.91 Å². The number of hydrogen-bond donors (Lipinski definition) is 0. The number of anilines is 1. The van der Waals surface area contributed by atoms with Gasteiger partial charge in [0, 0.05) is 57.1 Å². The molecule has 0 spiro atoms. The van der Waals surface area contributed by atoms with Crippen LogP contribution in [0.25, 0.3) is 0 Å². The summed E-state index contributed by atoms with van der Waals surface area (Å²) in [5.41, 5.74) is 4.75. The molecule has 1 amide bonds. The molecule has 0 aromatic heterocycles. The van der Waals surface area contributed by atoms with E-state index in [0.29, 0.717) is 0 Å². The van der Waals surface area contributed by atoms with Crippen LogP contribution in [0.15, 0.2) is 60.2 Å². The summed E-state index contributed by atoms with van der Waals surface area (Å²) in [5, 5.41) is 0. The molecular formula is C25H31N3O2. The monoisotopic (exact) mass is 405 g/mol. The van der Waals surface area contributed by atoms with Crippen molar-refractivity contribution < 1.29 is 9.53 Å². The van der Waals surface area contributed by atoms with Crippen molar-refractivity contribution >= 4 is 11.6 Å². The first-order valence-corrected chi connectivity index (χ1v) is 10.8. The first-order chi connectivity index (χ1) is 14.6. The van der Waals surface area contributed by atoms with Crippen LogP contribution in [0.3, 0.4) is 0 Å². The fourth-order valence-electron chi connectivity index (χ4n) is 4.27. The highest BCUT2D eigenvalue weighted by Gasteiger charge is 2.25. The summed E-state index contributed by atoms with van der Waals surface area (Å²) in [4.78, 5) is 19.8. The number of rotatable bonds is 5.